The summed E-state index contributed by atoms with van der Waals surface area (Å²) < 4.78 is 198. The third-order valence-electron chi connectivity index (χ3n) is 7.10. The summed E-state index contributed by atoms with van der Waals surface area (Å²) in [5, 5.41) is -11.8. The lowest BCUT2D eigenvalue weighted by molar-refractivity contribution is -0.252. The van der Waals surface area contributed by atoms with Crippen LogP contribution in [0.25, 0.3) is 0 Å². The molecule has 0 heterocycles. The fraction of sp³-hybridized carbons (Fsp3) is 0.867. The van der Waals surface area contributed by atoms with E-state index >= 15 is 0 Å². The van der Waals surface area contributed by atoms with Crippen LogP contribution in [0.15, 0.2) is 0 Å². The second-order valence-electron chi connectivity index (χ2n) is 13.1. The molecule has 0 aliphatic carbocycles. The van der Waals surface area contributed by atoms with E-state index in [-0.39, 0.29) is 6.61 Å². The van der Waals surface area contributed by atoms with Crippen molar-refractivity contribution in [3.05, 3.63) is 0 Å². The SMILES string of the molecule is CCC(C)C(=O)OC(C)(OCCC(F)(F)C(F)(F)S(=O)(=O)[O-])C(=O)OC(C)(C)C.CCOC(=O)C(C)(OCCC(F)(F)C(F)(F)S(=O)(=O)[O-])OC(=O)C(C)CC. The van der Waals surface area contributed by atoms with Crippen LogP contribution in [0.1, 0.15) is 94.9 Å². The predicted molar refractivity (Wildman–Crippen MR) is 171 cm³/mol. The van der Waals surface area contributed by atoms with E-state index in [4.69, 9.17) is 23.7 Å². The third kappa shape index (κ3) is 15.4. The zero-order valence-corrected chi connectivity index (χ0v) is 33.6. The first-order chi connectivity index (χ1) is 24.8. The molecule has 4 unspecified atom stereocenters. The fourth-order valence-electron chi connectivity index (χ4n) is 3.22. The lowest BCUT2D eigenvalue weighted by Crippen LogP contribution is -2.50. The smallest absolute Gasteiger partial charge is 0.396 e. The van der Waals surface area contributed by atoms with Gasteiger partial charge in [0.1, 0.15) is 5.60 Å². The van der Waals surface area contributed by atoms with Gasteiger partial charge in [-0.15, -0.1) is 0 Å². The molecule has 0 saturated carbocycles. The Morgan fingerprint density at radius 2 is 0.875 bits per heavy atom. The molecular formula is C30H46F8O16S2-2. The summed E-state index contributed by atoms with van der Waals surface area (Å²) in [5.74, 6) is -21.6. The molecule has 0 aromatic heterocycles. The maximum Gasteiger partial charge on any atom is 0.396 e. The summed E-state index contributed by atoms with van der Waals surface area (Å²) in [6, 6.07) is 0. The minimum absolute atomic E-state index is 0.193. The van der Waals surface area contributed by atoms with Gasteiger partial charge < -0.3 is 37.5 Å². The summed E-state index contributed by atoms with van der Waals surface area (Å²) in [5.41, 5.74) is -1.10. The Bertz CT molecular complexity index is 1570. The van der Waals surface area contributed by atoms with Gasteiger partial charge in [0.25, 0.3) is 0 Å². The van der Waals surface area contributed by atoms with Crippen molar-refractivity contribution in [1.29, 1.82) is 0 Å². The second kappa shape index (κ2) is 20.2. The van der Waals surface area contributed by atoms with E-state index in [0.717, 1.165) is 13.8 Å². The Morgan fingerprint density at radius 1 is 0.571 bits per heavy atom. The highest BCUT2D eigenvalue weighted by Crippen LogP contribution is 2.42. The number of ether oxygens (including phenoxy) is 6. The van der Waals surface area contributed by atoms with E-state index in [1.54, 1.807) is 13.8 Å². The quantitative estimate of drug-likeness (QED) is 0.0492. The number of hydrogen-bond donors (Lipinski definition) is 0. The minimum atomic E-state index is -6.67. The third-order valence-corrected chi connectivity index (χ3v) is 8.96. The standard InChI is InChI=1S/C16H26F4O8S.C14H22F4O8S/c1-7-10(2)11(21)27-14(6,12(22)28-13(3,4)5)26-9-8-15(17,18)16(19,20)29(23,24)25;1-5-9(3)10(19)26-12(4,11(20)24-6-2)25-8-7-13(15,16)14(17,18)27(21,22)23/h10H,7-9H2,1-6H3,(H,23,24,25);9H,5-8H2,1-4H3,(H,21,22,23)/p-2. The molecule has 4 atom stereocenters. The van der Waals surface area contributed by atoms with Crippen molar-refractivity contribution in [3.63, 3.8) is 0 Å². The van der Waals surface area contributed by atoms with Crippen LogP contribution in [-0.4, -0.2) is 109 Å². The van der Waals surface area contributed by atoms with Gasteiger partial charge in [-0.2, -0.15) is 35.1 Å². The first kappa shape index (κ1) is 55.2. The molecule has 0 amide bonds. The molecule has 0 aliphatic heterocycles. The van der Waals surface area contributed by atoms with E-state index in [2.05, 4.69) is 4.74 Å². The molecule has 0 fully saturated rings. The highest BCUT2D eigenvalue weighted by atomic mass is 32.2. The monoisotopic (exact) mass is 878 g/mol. The van der Waals surface area contributed by atoms with Gasteiger partial charge in [0, 0.05) is 26.7 Å². The molecule has 0 rings (SSSR count). The number of carbonyl (C=O) groups is 4. The van der Waals surface area contributed by atoms with Crippen LogP contribution < -0.4 is 0 Å². The molecule has 0 spiro atoms. The average molecular weight is 879 g/mol. The van der Waals surface area contributed by atoms with Crippen molar-refractivity contribution in [3.8, 4) is 0 Å². The molecule has 0 radical (unpaired) electrons. The first-order valence-corrected chi connectivity index (χ1v) is 19.1. The number of carbonyl (C=O) groups excluding carboxylic acids is 4. The molecule has 0 saturated heterocycles. The van der Waals surface area contributed by atoms with Gasteiger partial charge in [-0.25, -0.2) is 26.4 Å². The van der Waals surface area contributed by atoms with Crippen molar-refractivity contribution in [2.24, 2.45) is 11.8 Å². The molecule has 0 aliphatic rings. The number of rotatable bonds is 21. The van der Waals surface area contributed by atoms with Crippen LogP contribution in [-0.2, 0) is 67.8 Å². The van der Waals surface area contributed by atoms with E-state index in [1.807, 2.05) is 0 Å². The number of esters is 4. The van der Waals surface area contributed by atoms with Crippen LogP contribution in [0.2, 0.25) is 0 Å². The zero-order chi connectivity index (χ0) is 45.2. The second-order valence-corrected chi connectivity index (χ2v) is 16.0. The van der Waals surface area contributed by atoms with Gasteiger partial charge in [-0.3, -0.25) is 9.59 Å². The Hall–Kier alpha value is -2.94. The van der Waals surface area contributed by atoms with Gasteiger partial charge in [0.2, 0.25) is 0 Å². The van der Waals surface area contributed by atoms with Crippen molar-refractivity contribution in [2.45, 2.75) is 134 Å². The number of hydrogen-bond acceptors (Lipinski definition) is 16. The lowest BCUT2D eigenvalue weighted by Gasteiger charge is -2.33. The largest absolute Gasteiger partial charge is 0.743 e. The highest BCUT2D eigenvalue weighted by Gasteiger charge is 2.62. The van der Waals surface area contributed by atoms with Crippen LogP contribution in [0.4, 0.5) is 35.1 Å². The van der Waals surface area contributed by atoms with Crippen molar-refractivity contribution >= 4 is 44.1 Å². The summed E-state index contributed by atoms with van der Waals surface area (Å²) in [6.07, 6.45) is -3.30. The van der Waals surface area contributed by atoms with E-state index in [0.29, 0.717) is 12.8 Å². The Balaban J connectivity index is 0. The number of alkyl halides is 8. The van der Waals surface area contributed by atoms with Crippen molar-refractivity contribution < 1.29 is 109 Å². The maximum absolute atomic E-state index is 13.6. The Kier molecular flexibility index (Phi) is 19.9. The maximum atomic E-state index is 13.6. The van der Waals surface area contributed by atoms with Gasteiger partial charge >= 0.3 is 57.8 Å². The molecule has 56 heavy (non-hydrogen) atoms. The van der Waals surface area contributed by atoms with E-state index < -0.39 is 122 Å². The van der Waals surface area contributed by atoms with Gasteiger partial charge in [0.05, 0.1) is 31.7 Å². The van der Waals surface area contributed by atoms with E-state index in [1.165, 1.54) is 41.5 Å². The summed E-state index contributed by atoms with van der Waals surface area (Å²) in [4.78, 5) is 48.1. The van der Waals surface area contributed by atoms with Crippen molar-refractivity contribution in [2.75, 3.05) is 19.8 Å². The Labute approximate surface area is 318 Å². The summed E-state index contributed by atoms with van der Waals surface area (Å²) in [7, 11) is -13.3. The van der Waals surface area contributed by atoms with E-state index in [9.17, 15) is 80.2 Å². The van der Waals surface area contributed by atoms with Crippen LogP contribution in [0.5, 0.6) is 0 Å². The minimum Gasteiger partial charge on any atom is -0.743 e. The predicted octanol–water partition coefficient (Wildman–Crippen LogP) is 4.85. The lowest BCUT2D eigenvalue weighted by atomic mass is 10.1. The Morgan fingerprint density at radius 3 is 1.12 bits per heavy atom. The normalized spacial score (nSPS) is 16.5. The topological polar surface area (TPSA) is 238 Å². The zero-order valence-electron chi connectivity index (χ0n) is 32.0. The molecule has 0 bridgehead atoms. The molecule has 332 valence electrons. The summed E-state index contributed by atoms with van der Waals surface area (Å²) >= 11 is 0. The van der Waals surface area contributed by atoms with Crippen molar-refractivity contribution in [1.82, 2.24) is 0 Å². The number of halogens is 8. The van der Waals surface area contributed by atoms with Crippen LogP contribution >= 0.6 is 0 Å². The van der Waals surface area contributed by atoms with Gasteiger partial charge in [-0.05, 0) is 40.5 Å². The fourth-order valence-corrected chi connectivity index (χ4v) is 4.15. The molecular weight excluding hydrogens is 832 g/mol. The molecule has 16 nitrogen and oxygen atoms in total. The highest BCUT2D eigenvalue weighted by molar-refractivity contribution is 7.87. The van der Waals surface area contributed by atoms with Crippen LogP contribution in [0, 0.1) is 11.8 Å². The summed E-state index contributed by atoms with van der Waals surface area (Å²) in [6.45, 7) is 10.7. The molecule has 26 heteroatoms. The average Bonchev–Trinajstić information content (AvgIpc) is 3.01. The molecule has 0 aromatic rings. The van der Waals surface area contributed by atoms with Gasteiger partial charge in [-0.1, -0.05) is 27.7 Å². The molecule has 0 aromatic carbocycles. The first-order valence-electron chi connectivity index (χ1n) is 16.3. The van der Waals surface area contributed by atoms with Crippen LogP contribution in [0.3, 0.4) is 0 Å². The van der Waals surface area contributed by atoms with Gasteiger partial charge in [0.15, 0.2) is 20.2 Å². The molecule has 0 N–H and O–H groups in total.